The van der Waals surface area contributed by atoms with Gasteiger partial charge in [-0.05, 0) is 24.3 Å². The van der Waals surface area contributed by atoms with Gasteiger partial charge in [-0.25, -0.2) is 9.78 Å². The van der Waals surface area contributed by atoms with Crippen molar-refractivity contribution in [2.45, 2.75) is 13.5 Å². The standard InChI is InChI=1S/C17H21N3O3/c1-13-18-15(12-23-13)11-19-7-9-20(10-8-19)16-5-3-14(4-6-16)17(21)22-2/h3-6,12H,7-11H2,1-2H3. The Labute approximate surface area is 135 Å². The number of nitrogens with zero attached hydrogens (tertiary/aromatic N) is 3. The smallest absolute Gasteiger partial charge is 0.337 e. The molecule has 23 heavy (non-hydrogen) atoms. The molecule has 0 atom stereocenters. The van der Waals surface area contributed by atoms with E-state index in [-0.39, 0.29) is 5.97 Å². The number of aryl methyl sites for hydroxylation is 1. The lowest BCUT2D eigenvalue weighted by molar-refractivity contribution is 0.0601. The predicted octanol–water partition coefficient (Wildman–Crippen LogP) is 2.09. The highest BCUT2D eigenvalue weighted by molar-refractivity contribution is 5.89. The van der Waals surface area contributed by atoms with E-state index in [0.29, 0.717) is 11.5 Å². The van der Waals surface area contributed by atoms with Crippen molar-refractivity contribution in [3.63, 3.8) is 0 Å². The minimum Gasteiger partial charge on any atom is -0.465 e. The molecule has 0 N–H and O–H groups in total. The molecule has 122 valence electrons. The summed E-state index contributed by atoms with van der Waals surface area (Å²) in [6.07, 6.45) is 1.73. The first kappa shape index (κ1) is 15.6. The topological polar surface area (TPSA) is 58.8 Å². The number of oxazole rings is 1. The summed E-state index contributed by atoms with van der Waals surface area (Å²) in [5.41, 5.74) is 2.70. The largest absolute Gasteiger partial charge is 0.465 e. The molecule has 1 aliphatic rings. The van der Waals surface area contributed by atoms with Gasteiger partial charge in [0.05, 0.1) is 18.4 Å². The lowest BCUT2D eigenvalue weighted by atomic mass is 10.2. The van der Waals surface area contributed by atoms with Crippen molar-refractivity contribution >= 4 is 11.7 Å². The average Bonchev–Trinajstić information content (AvgIpc) is 3.00. The summed E-state index contributed by atoms with van der Waals surface area (Å²) in [4.78, 5) is 20.5. The molecule has 0 unspecified atom stereocenters. The van der Waals surface area contributed by atoms with E-state index in [1.165, 1.54) is 7.11 Å². The van der Waals surface area contributed by atoms with Crippen LogP contribution in [0.1, 0.15) is 21.9 Å². The van der Waals surface area contributed by atoms with Crippen molar-refractivity contribution in [2.75, 3.05) is 38.2 Å². The number of benzene rings is 1. The van der Waals surface area contributed by atoms with E-state index in [0.717, 1.165) is 44.1 Å². The van der Waals surface area contributed by atoms with E-state index in [4.69, 9.17) is 9.15 Å². The van der Waals surface area contributed by atoms with Gasteiger partial charge in [0.15, 0.2) is 5.89 Å². The first-order chi connectivity index (χ1) is 11.2. The summed E-state index contributed by atoms with van der Waals surface area (Å²) in [6, 6.07) is 7.57. The molecule has 1 saturated heterocycles. The number of hydrogen-bond donors (Lipinski definition) is 0. The van der Waals surface area contributed by atoms with Crippen molar-refractivity contribution in [3.05, 3.63) is 47.7 Å². The van der Waals surface area contributed by atoms with Crippen molar-refractivity contribution in [1.29, 1.82) is 0 Å². The molecular formula is C17H21N3O3. The van der Waals surface area contributed by atoms with Crippen LogP contribution in [0.15, 0.2) is 34.9 Å². The third-order valence-corrected chi connectivity index (χ3v) is 4.08. The van der Waals surface area contributed by atoms with Gasteiger partial charge in [-0.1, -0.05) is 0 Å². The number of carbonyl (C=O) groups is 1. The fourth-order valence-corrected chi connectivity index (χ4v) is 2.80. The zero-order valence-electron chi connectivity index (χ0n) is 13.5. The Hall–Kier alpha value is -2.34. The molecule has 0 bridgehead atoms. The zero-order chi connectivity index (χ0) is 16.2. The third-order valence-electron chi connectivity index (χ3n) is 4.08. The molecule has 3 rings (SSSR count). The zero-order valence-corrected chi connectivity index (χ0v) is 13.5. The van der Waals surface area contributed by atoms with Crippen LogP contribution in [-0.4, -0.2) is 49.1 Å². The molecular weight excluding hydrogens is 294 g/mol. The highest BCUT2D eigenvalue weighted by Gasteiger charge is 2.18. The van der Waals surface area contributed by atoms with E-state index in [1.54, 1.807) is 6.26 Å². The molecule has 0 aliphatic carbocycles. The van der Waals surface area contributed by atoms with Crippen LogP contribution in [0.25, 0.3) is 0 Å². The highest BCUT2D eigenvalue weighted by atomic mass is 16.5. The molecule has 1 aliphatic heterocycles. The summed E-state index contributed by atoms with van der Waals surface area (Å²) >= 11 is 0. The molecule has 0 saturated carbocycles. The average molecular weight is 315 g/mol. The molecule has 2 heterocycles. The summed E-state index contributed by atoms with van der Waals surface area (Å²) in [6.45, 7) is 6.55. The van der Waals surface area contributed by atoms with Gasteiger partial charge in [-0.15, -0.1) is 0 Å². The summed E-state index contributed by atoms with van der Waals surface area (Å²) < 4.78 is 9.97. The van der Waals surface area contributed by atoms with Gasteiger partial charge < -0.3 is 14.1 Å². The lowest BCUT2D eigenvalue weighted by Gasteiger charge is -2.35. The van der Waals surface area contributed by atoms with E-state index >= 15 is 0 Å². The van der Waals surface area contributed by atoms with Crippen molar-refractivity contribution < 1.29 is 13.9 Å². The SMILES string of the molecule is COC(=O)c1ccc(N2CCN(Cc3coc(C)n3)CC2)cc1. The van der Waals surface area contributed by atoms with Crippen molar-refractivity contribution in [1.82, 2.24) is 9.88 Å². The van der Waals surface area contributed by atoms with Gasteiger partial charge in [0.1, 0.15) is 6.26 Å². The van der Waals surface area contributed by atoms with Crippen LogP contribution in [0.5, 0.6) is 0 Å². The number of ether oxygens (including phenoxy) is 1. The molecule has 2 aromatic rings. The number of aromatic nitrogens is 1. The van der Waals surface area contributed by atoms with Crippen molar-refractivity contribution in [3.8, 4) is 0 Å². The van der Waals surface area contributed by atoms with E-state index in [2.05, 4.69) is 14.8 Å². The second-order valence-electron chi connectivity index (χ2n) is 5.66. The Bertz CT molecular complexity index is 658. The Kier molecular flexibility index (Phi) is 4.62. The Morgan fingerprint density at radius 3 is 2.48 bits per heavy atom. The molecule has 6 nitrogen and oxygen atoms in total. The molecule has 0 spiro atoms. The summed E-state index contributed by atoms with van der Waals surface area (Å²) in [5.74, 6) is 0.411. The van der Waals surface area contributed by atoms with Gasteiger partial charge in [-0.2, -0.15) is 0 Å². The molecule has 1 aromatic heterocycles. The molecule has 6 heteroatoms. The summed E-state index contributed by atoms with van der Waals surface area (Å²) in [7, 11) is 1.39. The van der Waals surface area contributed by atoms with Gasteiger partial charge >= 0.3 is 5.97 Å². The van der Waals surface area contributed by atoms with Gasteiger partial charge in [0, 0.05) is 45.3 Å². The monoisotopic (exact) mass is 315 g/mol. The van der Waals surface area contributed by atoms with Crippen LogP contribution >= 0.6 is 0 Å². The van der Waals surface area contributed by atoms with Crippen LogP contribution in [0.4, 0.5) is 5.69 Å². The quantitative estimate of drug-likeness (QED) is 0.805. The van der Waals surface area contributed by atoms with E-state index < -0.39 is 0 Å². The molecule has 1 fully saturated rings. The van der Waals surface area contributed by atoms with Crippen LogP contribution in [0.2, 0.25) is 0 Å². The lowest BCUT2D eigenvalue weighted by Crippen LogP contribution is -2.46. The van der Waals surface area contributed by atoms with Crippen molar-refractivity contribution in [2.24, 2.45) is 0 Å². The number of rotatable bonds is 4. The minimum atomic E-state index is -0.302. The van der Waals surface area contributed by atoms with Gasteiger partial charge in [0.2, 0.25) is 0 Å². The van der Waals surface area contributed by atoms with E-state index in [1.807, 2.05) is 31.2 Å². The maximum absolute atomic E-state index is 11.5. The second kappa shape index (κ2) is 6.83. The van der Waals surface area contributed by atoms with E-state index in [9.17, 15) is 4.79 Å². The van der Waals surface area contributed by atoms with Crippen LogP contribution < -0.4 is 4.90 Å². The third kappa shape index (κ3) is 3.71. The summed E-state index contributed by atoms with van der Waals surface area (Å²) in [5, 5.41) is 0. The Balaban J connectivity index is 1.55. The molecule has 0 amide bonds. The van der Waals surface area contributed by atoms with Crippen LogP contribution in [0, 0.1) is 6.92 Å². The number of hydrogen-bond acceptors (Lipinski definition) is 6. The highest BCUT2D eigenvalue weighted by Crippen LogP contribution is 2.18. The van der Waals surface area contributed by atoms with Crippen LogP contribution in [0.3, 0.4) is 0 Å². The number of piperazine rings is 1. The number of methoxy groups -OCH3 is 1. The predicted molar refractivity (Wildman–Crippen MR) is 86.5 cm³/mol. The minimum absolute atomic E-state index is 0.302. The number of carbonyl (C=O) groups excluding carboxylic acids is 1. The maximum Gasteiger partial charge on any atom is 0.337 e. The Morgan fingerprint density at radius 2 is 1.91 bits per heavy atom. The first-order valence-corrected chi connectivity index (χ1v) is 7.72. The first-order valence-electron chi connectivity index (χ1n) is 7.72. The Morgan fingerprint density at radius 1 is 1.22 bits per heavy atom. The fourth-order valence-electron chi connectivity index (χ4n) is 2.80. The maximum atomic E-state index is 11.5. The molecule has 0 radical (unpaired) electrons. The van der Waals surface area contributed by atoms with Crippen LogP contribution in [-0.2, 0) is 11.3 Å². The van der Waals surface area contributed by atoms with Gasteiger partial charge in [-0.3, -0.25) is 4.90 Å². The fraction of sp³-hybridized carbons (Fsp3) is 0.412. The number of anilines is 1. The second-order valence-corrected chi connectivity index (χ2v) is 5.66. The molecule has 1 aromatic carbocycles. The van der Waals surface area contributed by atoms with Gasteiger partial charge in [0.25, 0.3) is 0 Å². The normalized spacial score (nSPS) is 15.7. The number of esters is 1.